The van der Waals surface area contributed by atoms with Crippen molar-refractivity contribution in [2.75, 3.05) is 24.7 Å². The van der Waals surface area contributed by atoms with Gasteiger partial charge in [0.15, 0.2) is 17.4 Å². The van der Waals surface area contributed by atoms with E-state index in [9.17, 15) is 19.5 Å². The third kappa shape index (κ3) is 6.63. The van der Waals surface area contributed by atoms with Crippen LogP contribution in [0.4, 0.5) is 11.8 Å². The van der Waals surface area contributed by atoms with Crippen LogP contribution in [-0.4, -0.2) is 85.7 Å². The number of H-pyrrole nitrogens is 1. The van der Waals surface area contributed by atoms with Crippen molar-refractivity contribution < 1.29 is 37.7 Å². The van der Waals surface area contributed by atoms with Gasteiger partial charge in [-0.15, -0.1) is 5.10 Å². The number of rotatable bonds is 10. The van der Waals surface area contributed by atoms with Crippen molar-refractivity contribution in [2.45, 2.75) is 50.0 Å². The lowest BCUT2D eigenvalue weighted by atomic mass is 10.2. The Bertz CT molecular complexity index is 1810. The number of nitrogens with zero attached hydrogens (tertiary/aromatic N) is 7. The first-order chi connectivity index (χ1) is 20.4. The minimum absolute atomic E-state index is 0.0222. The van der Waals surface area contributed by atoms with Crippen molar-refractivity contribution >= 4 is 71.0 Å². The summed E-state index contributed by atoms with van der Waals surface area (Å²) >= 11 is 9.85. The molecule has 4 aromatic heterocycles. The summed E-state index contributed by atoms with van der Waals surface area (Å²) in [5.74, 6) is 0.205. The quantitative estimate of drug-likeness (QED) is 0.120. The first kappa shape index (κ1) is 30.5. The van der Waals surface area contributed by atoms with E-state index >= 15 is 0 Å². The van der Waals surface area contributed by atoms with Crippen LogP contribution in [0.2, 0.25) is 0 Å². The highest BCUT2D eigenvalue weighted by atomic mass is 32.5. The van der Waals surface area contributed by atoms with Crippen LogP contribution in [0.15, 0.2) is 23.4 Å². The van der Waals surface area contributed by atoms with Gasteiger partial charge in [-0.3, -0.25) is 9.78 Å². The SMILES string of the molecule is Nc1nc2c(nnn2[C@H]2CC[C@@H](COP(O)(=S)O[C@H]3C[C@H](n4ccc5c(N)ncnc54)O[C@@H]3COP(O)(O)=S)O2)c(=O)[nH]1. The number of nitrogen functional groups attached to an aromatic ring is 2. The number of hydrogen-bond donors (Lipinski definition) is 6. The third-order valence-electron chi connectivity index (χ3n) is 6.84. The zero-order valence-corrected chi connectivity index (χ0v) is 25.4. The van der Waals surface area contributed by atoms with E-state index in [1.807, 2.05) is 0 Å². The highest BCUT2D eigenvalue weighted by Gasteiger charge is 2.42. The van der Waals surface area contributed by atoms with Gasteiger partial charge in [-0.2, -0.15) is 9.67 Å². The molecule has 6 atom stereocenters. The summed E-state index contributed by atoms with van der Waals surface area (Å²) < 4.78 is 31.6. The fourth-order valence-electron chi connectivity index (χ4n) is 4.94. The van der Waals surface area contributed by atoms with Crippen LogP contribution in [-0.2, 0) is 46.7 Å². The minimum atomic E-state index is -4.01. The van der Waals surface area contributed by atoms with Crippen molar-refractivity contribution in [1.29, 1.82) is 0 Å². The Morgan fingerprint density at radius 1 is 1.09 bits per heavy atom. The van der Waals surface area contributed by atoms with Gasteiger partial charge in [0.2, 0.25) is 5.95 Å². The highest BCUT2D eigenvalue weighted by Crippen LogP contribution is 2.50. The van der Waals surface area contributed by atoms with Crippen LogP contribution in [0.5, 0.6) is 0 Å². The zero-order valence-electron chi connectivity index (χ0n) is 21.9. The van der Waals surface area contributed by atoms with Gasteiger partial charge in [-0.1, -0.05) is 5.21 Å². The van der Waals surface area contributed by atoms with Gasteiger partial charge in [-0.05, 0) is 42.5 Å². The summed E-state index contributed by atoms with van der Waals surface area (Å²) in [5.41, 5.74) is 11.8. The van der Waals surface area contributed by atoms with E-state index < -0.39 is 49.8 Å². The number of nitrogens with one attached hydrogen (secondary N) is 1. The third-order valence-corrected chi connectivity index (χ3v) is 9.23. The van der Waals surface area contributed by atoms with Crippen molar-refractivity contribution in [1.82, 2.24) is 39.5 Å². The summed E-state index contributed by atoms with van der Waals surface area (Å²) in [6.45, 7) is -8.35. The molecule has 0 bridgehead atoms. The monoisotopic (exact) mass is 676 g/mol. The van der Waals surface area contributed by atoms with Crippen molar-refractivity contribution in [2.24, 2.45) is 0 Å². The normalized spacial score (nSPS) is 26.0. The van der Waals surface area contributed by atoms with Gasteiger partial charge in [-0.25, -0.2) is 9.97 Å². The van der Waals surface area contributed by atoms with E-state index in [2.05, 4.69) is 42.1 Å². The second kappa shape index (κ2) is 11.8. The van der Waals surface area contributed by atoms with Crippen LogP contribution < -0.4 is 17.0 Å². The van der Waals surface area contributed by atoms with Gasteiger partial charge in [0.25, 0.3) is 5.56 Å². The number of aromatic amines is 1. The van der Waals surface area contributed by atoms with E-state index in [1.54, 1.807) is 16.8 Å². The molecule has 6 heterocycles. The average Bonchev–Trinajstić information content (AvgIpc) is 3.71. The Morgan fingerprint density at radius 2 is 1.91 bits per heavy atom. The van der Waals surface area contributed by atoms with Gasteiger partial charge in [0, 0.05) is 12.6 Å². The maximum absolute atomic E-state index is 12.1. The molecule has 2 fully saturated rings. The molecule has 232 valence electrons. The molecular formula is C20H26N10O9P2S2. The predicted molar refractivity (Wildman–Crippen MR) is 156 cm³/mol. The first-order valence-corrected chi connectivity index (χ1v) is 17.9. The molecule has 2 saturated heterocycles. The van der Waals surface area contributed by atoms with Crippen molar-refractivity contribution in [3.05, 3.63) is 28.9 Å². The Labute approximate surface area is 251 Å². The molecule has 0 amide bonds. The van der Waals surface area contributed by atoms with E-state index in [0.717, 1.165) is 0 Å². The molecule has 6 rings (SSSR count). The molecule has 0 saturated carbocycles. The van der Waals surface area contributed by atoms with Gasteiger partial charge in [0.1, 0.15) is 30.1 Å². The van der Waals surface area contributed by atoms with E-state index in [4.69, 9.17) is 46.3 Å². The maximum atomic E-state index is 12.1. The molecule has 0 radical (unpaired) electrons. The molecule has 23 heteroatoms. The molecule has 1 unspecified atom stereocenters. The average molecular weight is 677 g/mol. The number of ether oxygens (including phenoxy) is 2. The van der Waals surface area contributed by atoms with Gasteiger partial charge < -0.3 is 53.8 Å². The highest BCUT2D eigenvalue weighted by molar-refractivity contribution is 8.07. The van der Waals surface area contributed by atoms with Crippen LogP contribution in [0.25, 0.3) is 22.2 Å². The summed E-state index contributed by atoms with van der Waals surface area (Å²) in [6, 6.07) is 1.73. The second-order valence-electron chi connectivity index (χ2n) is 9.73. The molecule has 2 aliphatic rings. The van der Waals surface area contributed by atoms with E-state index in [-0.39, 0.29) is 42.6 Å². The minimum Gasteiger partial charge on any atom is -0.383 e. The fourth-order valence-corrected chi connectivity index (χ4v) is 6.96. The molecule has 43 heavy (non-hydrogen) atoms. The largest absolute Gasteiger partial charge is 0.383 e. The molecular weight excluding hydrogens is 650 g/mol. The summed E-state index contributed by atoms with van der Waals surface area (Å²) in [4.78, 5) is 56.9. The van der Waals surface area contributed by atoms with E-state index in [0.29, 0.717) is 23.9 Å². The smallest absolute Gasteiger partial charge is 0.324 e. The summed E-state index contributed by atoms with van der Waals surface area (Å²) in [7, 11) is 0. The van der Waals surface area contributed by atoms with Crippen LogP contribution >= 0.6 is 13.4 Å². The maximum Gasteiger partial charge on any atom is 0.324 e. The Balaban J connectivity index is 1.11. The molecule has 19 nitrogen and oxygen atoms in total. The summed E-state index contributed by atoms with van der Waals surface area (Å²) in [5, 5.41) is 8.44. The second-order valence-corrected chi connectivity index (χ2v) is 15.2. The Hall–Kier alpha value is -2.52. The van der Waals surface area contributed by atoms with E-state index in [1.165, 1.54) is 11.0 Å². The topological polar surface area (TPSA) is 266 Å². The number of nitrogens with two attached hydrogens (primary N) is 2. The standard InChI is InChI=1S/C20H26N10O9P2S2/c21-16-10-3-4-29(17(10)24-8-23-16)14-5-11(12(38-14)7-35-40(32,33)42)39-41(34,43)36-6-9-1-2-13(37-9)30-18-15(27-28-30)19(31)26-20(22)25-18/h3-4,8-9,11-14H,1-2,5-7H2,(H,34,43)(H2,21,23,24)(H2,32,33,42)(H3,22,25,26,31)/t9-,11-,12+,13+,14+,41?/m0/s1. The fraction of sp³-hybridized carbons (Fsp3) is 0.500. The molecule has 4 aromatic rings. The molecule has 0 aromatic carbocycles. The lowest BCUT2D eigenvalue weighted by molar-refractivity contribution is -0.0426. The van der Waals surface area contributed by atoms with Crippen molar-refractivity contribution in [3.8, 4) is 0 Å². The lowest BCUT2D eigenvalue weighted by Gasteiger charge is -2.24. The molecule has 8 N–H and O–H groups in total. The Morgan fingerprint density at radius 3 is 2.70 bits per heavy atom. The molecule has 2 aliphatic heterocycles. The first-order valence-electron chi connectivity index (χ1n) is 12.7. The van der Waals surface area contributed by atoms with Gasteiger partial charge in [0.05, 0.1) is 30.8 Å². The number of aromatic nitrogens is 8. The lowest BCUT2D eigenvalue weighted by Crippen LogP contribution is -2.28. The van der Waals surface area contributed by atoms with Crippen molar-refractivity contribution in [3.63, 3.8) is 0 Å². The molecule has 0 spiro atoms. The Kier molecular flexibility index (Phi) is 8.35. The zero-order chi connectivity index (χ0) is 30.5. The number of anilines is 2. The predicted octanol–water partition coefficient (Wildman–Crippen LogP) is -0.0667. The summed E-state index contributed by atoms with van der Waals surface area (Å²) in [6.07, 6.45) is 0.629. The van der Waals surface area contributed by atoms with Crippen LogP contribution in [0, 0.1) is 0 Å². The number of fused-ring (bicyclic) bond motifs is 2. The molecule has 0 aliphatic carbocycles. The van der Waals surface area contributed by atoms with Crippen LogP contribution in [0.3, 0.4) is 0 Å². The number of hydrogen-bond acceptors (Lipinski definition) is 15. The van der Waals surface area contributed by atoms with Gasteiger partial charge >= 0.3 is 13.4 Å². The van der Waals surface area contributed by atoms with Crippen LogP contribution in [0.1, 0.15) is 31.7 Å².